The van der Waals surface area contributed by atoms with E-state index in [0.717, 1.165) is 46.9 Å². The molecular formula is C32H29N9O2S. The number of nitrogens with one attached hydrogen (secondary N) is 1. The smallest absolute Gasteiger partial charge is 0.248 e. The van der Waals surface area contributed by atoms with Gasteiger partial charge in [-0.1, -0.05) is 18.0 Å². The molecular weight excluding hydrogens is 574 g/mol. The maximum absolute atomic E-state index is 10.8. The maximum Gasteiger partial charge on any atom is 0.248 e. The van der Waals surface area contributed by atoms with Crippen molar-refractivity contribution in [3.8, 4) is 22.9 Å². The molecule has 12 heteroatoms. The number of nitrogens with two attached hydrogens (primary N) is 2. The van der Waals surface area contributed by atoms with Crippen molar-refractivity contribution >= 4 is 46.8 Å². The Labute approximate surface area is 257 Å². The van der Waals surface area contributed by atoms with E-state index in [2.05, 4.69) is 37.6 Å². The van der Waals surface area contributed by atoms with Crippen LogP contribution in [0.15, 0.2) is 85.3 Å². The topological polar surface area (TPSA) is 160 Å². The van der Waals surface area contributed by atoms with Crippen LogP contribution in [0.2, 0.25) is 0 Å². The summed E-state index contributed by atoms with van der Waals surface area (Å²) in [5.41, 5.74) is 18.9. The number of aldehydes is 1. The van der Waals surface area contributed by atoms with Gasteiger partial charge in [-0.25, -0.2) is 19.6 Å². The number of pyridine rings is 2. The first-order valence-electron chi connectivity index (χ1n) is 13.9. The van der Waals surface area contributed by atoms with Gasteiger partial charge < -0.3 is 16.2 Å². The van der Waals surface area contributed by atoms with Gasteiger partial charge in [0.15, 0.2) is 23.6 Å². The third-order valence-corrected chi connectivity index (χ3v) is 7.75. The number of imidazole rings is 1. The molecule has 0 saturated heterocycles. The lowest BCUT2D eigenvalue weighted by Gasteiger charge is -2.12. The highest BCUT2D eigenvalue weighted by atomic mass is 32.2. The Bertz CT molecular complexity index is 1990. The number of benzene rings is 2. The molecule has 220 valence electrons. The molecule has 0 spiro atoms. The third-order valence-electron chi connectivity index (χ3n) is 7.32. The van der Waals surface area contributed by atoms with E-state index in [1.54, 1.807) is 29.2 Å². The Balaban J connectivity index is 0.000000208. The lowest BCUT2D eigenvalue weighted by Crippen LogP contribution is -2.11. The van der Waals surface area contributed by atoms with Crippen molar-refractivity contribution in [1.29, 1.82) is 0 Å². The second-order valence-electron chi connectivity index (χ2n) is 10.1. The average molecular weight is 604 g/mol. The third kappa shape index (κ3) is 5.62. The van der Waals surface area contributed by atoms with Gasteiger partial charge in [-0.15, -0.1) is 0 Å². The minimum absolute atomic E-state index is 0.332. The molecule has 2 aromatic carbocycles. The minimum Gasteiger partial charge on any atom is -0.383 e. The molecule has 0 bridgehead atoms. The van der Waals surface area contributed by atoms with Crippen LogP contribution in [0.3, 0.4) is 0 Å². The molecule has 0 atom stereocenters. The number of aromatic nitrogens is 6. The second kappa shape index (κ2) is 12.4. The molecule has 4 aromatic heterocycles. The zero-order chi connectivity index (χ0) is 30.6. The van der Waals surface area contributed by atoms with E-state index in [1.165, 1.54) is 35.6 Å². The molecule has 0 radical (unpaired) electrons. The maximum atomic E-state index is 10.8. The molecule has 0 saturated carbocycles. The highest BCUT2D eigenvalue weighted by molar-refractivity contribution is 7.99. The van der Waals surface area contributed by atoms with Crippen molar-refractivity contribution in [3.05, 3.63) is 108 Å². The summed E-state index contributed by atoms with van der Waals surface area (Å²) in [5.74, 6) is 1.38. The van der Waals surface area contributed by atoms with Crippen LogP contribution in [0, 0.1) is 0 Å². The molecule has 11 nitrogen and oxygen atoms in total. The first-order chi connectivity index (χ1) is 21.5. The predicted octanol–water partition coefficient (Wildman–Crippen LogP) is 5.03. The summed E-state index contributed by atoms with van der Waals surface area (Å²) in [6.07, 6.45) is 11.3. The van der Waals surface area contributed by atoms with Crippen molar-refractivity contribution in [2.24, 2.45) is 5.73 Å². The molecule has 0 aliphatic heterocycles. The quantitative estimate of drug-likeness (QED) is 0.168. The summed E-state index contributed by atoms with van der Waals surface area (Å²) in [5, 5.41) is 4.32. The molecule has 44 heavy (non-hydrogen) atoms. The van der Waals surface area contributed by atoms with Crippen LogP contribution < -0.4 is 16.2 Å². The second-order valence-corrected chi connectivity index (χ2v) is 10.7. The van der Waals surface area contributed by atoms with E-state index in [1.807, 2.05) is 42.8 Å². The van der Waals surface area contributed by atoms with Crippen LogP contribution in [0.1, 0.15) is 38.3 Å². The van der Waals surface area contributed by atoms with Crippen molar-refractivity contribution in [3.63, 3.8) is 0 Å². The number of fused-ring (bicyclic) bond motifs is 2. The van der Waals surface area contributed by atoms with Gasteiger partial charge >= 0.3 is 0 Å². The molecule has 1 aliphatic carbocycles. The average Bonchev–Trinajstić information content (AvgIpc) is 3.81. The van der Waals surface area contributed by atoms with Crippen LogP contribution in [0.4, 0.5) is 11.5 Å². The molecule has 1 amide bonds. The zero-order valence-electron chi connectivity index (χ0n) is 23.8. The van der Waals surface area contributed by atoms with E-state index < -0.39 is 5.91 Å². The number of hydrogen-bond acceptors (Lipinski definition) is 9. The number of nitrogens with zero attached hydrogens (tertiary/aromatic N) is 6. The normalized spacial score (nSPS) is 11.9. The van der Waals surface area contributed by atoms with Crippen molar-refractivity contribution in [2.45, 2.75) is 19.3 Å². The highest BCUT2D eigenvalue weighted by Crippen LogP contribution is 2.32. The summed E-state index contributed by atoms with van der Waals surface area (Å²) in [6, 6.07) is 20.9. The Hall–Kier alpha value is -5.49. The monoisotopic (exact) mass is 603 g/mol. The van der Waals surface area contributed by atoms with Gasteiger partial charge in [0, 0.05) is 41.7 Å². The van der Waals surface area contributed by atoms with Gasteiger partial charge in [0.1, 0.15) is 11.3 Å². The molecule has 0 unspecified atom stereocenters. The van der Waals surface area contributed by atoms with Crippen molar-refractivity contribution < 1.29 is 9.59 Å². The molecule has 5 N–H and O–H groups in total. The van der Waals surface area contributed by atoms with Crippen LogP contribution in [0.5, 0.6) is 0 Å². The Morgan fingerprint density at radius 3 is 2.61 bits per heavy atom. The SMILES string of the molecule is CSNc1ccc(C(N)=O)cc1C=O.Nc1ncccc1-c1nc2ccc(-n3cccn3)nc2n1-c1ccc2c(c1)CCC2. The summed E-state index contributed by atoms with van der Waals surface area (Å²) in [7, 11) is 0. The van der Waals surface area contributed by atoms with Gasteiger partial charge in [0.25, 0.3) is 0 Å². The largest absolute Gasteiger partial charge is 0.383 e. The van der Waals surface area contributed by atoms with Crippen LogP contribution in [-0.2, 0) is 12.8 Å². The number of carbonyl (C=O) groups excluding carboxylic acids is 2. The summed E-state index contributed by atoms with van der Waals surface area (Å²) in [6.45, 7) is 0. The predicted molar refractivity (Wildman–Crippen MR) is 173 cm³/mol. The number of primary amides is 1. The number of rotatable bonds is 7. The molecule has 4 heterocycles. The highest BCUT2D eigenvalue weighted by Gasteiger charge is 2.20. The summed E-state index contributed by atoms with van der Waals surface area (Å²) < 4.78 is 6.75. The van der Waals surface area contributed by atoms with E-state index in [4.69, 9.17) is 21.4 Å². The standard InChI is InChI=1S/C23H19N7.C9H10N2O2S/c24-21-18(6-2-11-25-21)22-27-19-9-10-20(29-13-3-12-26-29)28-23(19)30(22)17-8-7-15-4-1-5-16(15)14-17;1-14-11-8-3-2-6(9(10)13)4-7(8)5-12/h2-3,6-14H,1,4-5H2,(H2,24,25);2-5,11H,1H3,(H2,10,13). The zero-order valence-corrected chi connectivity index (χ0v) is 24.7. The first-order valence-corrected chi connectivity index (χ1v) is 15.1. The number of carbonyl (C=O) groups is 2. The Morgan fingerprint density at radius 2 is 1.86 bits per heavy atom. The van der Waals surface area contributed by atoms with Gasteiger partial charge in [-0.05, 0) is 91.1 Å². The Morgan fingerprint density at radius 1 is 1.00 bits per heavy atom. The van der Waals surface area contributed by atoms with Crippen LogP contribution >= 0.6 is 11.9 Å². The van der Waals surface area contributed by atoms with Crippen molar-refractivity contribution in [2.75, 3.05) is 16.7 Å². The van der Waals surface area contributed by atoms with Crippen molar-refractivity contribution in [1.82, 2.24) is 29.3 Å². The van der Waals surface area contributed by atoms with Gasteiger partial charge in [0.05, 0.1) is 11.3 Å². The van der Waals surface area contributed by atoms with E-state index in [0.29, 0.717) is 28.9 Å². The number of anilines is 2. The first kappa shape index (κ1) is 28.6. The van der Waals surface area contributed by atoms with Crippen LogP contribution in [-0.4, -0.2) is 47.7 Å². The number of amides is 1. The Kier molecular flexibility index (Phi) is 8.06. The van der Waals surface area contributed by atoms with Gasteiger partial charge in [-0.3, -0.25) is 14.2 Å². The summed E-state index contributed by atoms with van der Waals surface area (Å²) in [4.78, 5) is 35.6. The van der Waals surface area contributed by atoms with E-state index in [-0.39, 0.29) is 0 Å². The van der Waals surface area contributed by atoms with Gasteiger partial charge in [0.2, 0.25) is 5.91 Å². The van der Waals surface area contributed by atoms with Crippen LogP contribution in [0.25, 0.3) is 34.1 Å². The lowest BCUT2D eigenvalue weighted by molar-refractivity contribution is 0.1000. The molecule has 1 aliphatic rings. The van der Waals surface area contributed by atoms with E-state index >= 15 is 0 Å². The van der Waals surface area contributed by atoms with E-state index in [9.17, 15) is 9.59 Å². The number of aryl methyl sites for hydroxylation is 2. The fourth-order valence-corrected chi connectivity index (χ4v) is 5.63. The number of hydrogen-bond donors (Lipinski definition) is 3. The lowest BCUT2D eigenvalue weighted by atomic mass is 10.1. The van der Waals surface area contributed by atoms with Gasteiger partial charge in [-0.2, -0.15) is 5.10 Å². The summed E-state index contributed by atoms with van der Waals surface area (Å²) >= 11 is 1.37. The molecule has 0 fully saturated rings. The fourth-order valence-electron chi connectivity index (χ4n) is 5.22. The number of nitrogen functional groups attached to an aromatic ring is 1. The fraction of sp³-hybridized carbons (Fsp3) is 0.125. The molecule has 7 rings (SSSR count). The minimum atomic E-state index is -0.538. The molecule has 6 aromatic rings.